The molecule has 0 N–H and O–H groups in total. The fourth-order valence-electron chi connectivity index (χ4n) is 2.39. The maximum atomic E-state index is 9.00. The molecule has 4 nitrogen and oxygen atoms in total. The first-order chi connectivity index (χ1) is 8.80. The second-order valence-electron chi connectivity index (χ2n) is 4.29. The van der Waals surface area contributed by atoms with Crippen molar-refractivity contribution in [2.24, 2.45) is 0 Å². The molecule has 4 heteroatoms. The molecular weight excluding hydrogens is 230 g/mol. The summed E-state index contributed by atoms with van der Waals surface area (Å²) in [5.74, 6) is 1.84. The summed E-state index contributed by atoms with van der Waals surface area (Å²) in [5.41, 5.74) is 1.61. The minimum Gasteiger partial charge on any atom is -0.496 e. The summed E-state index contributed by atoms with van der Waals surface area (Å²) in [6.07, 6.45) is 1.91. The average molecular weight is 247 g/mol. The molecule has 0 amide bonds. The second-order valence-corrected chi connectivity index (χ2v) is 4.29. The van der Waals surface area contributed by atoms with Crippen LogP contribution in [0.1, 0.15) is 29.9 Å². The van der Waals surface area contributed by atoms with E-state index in [1.54, 1.807) is 26.4 Å². The van der Waals surface area contributed by atoms with Crippen LogP contribution in [0, 0.1) is 11.3 Å². The molecule has 96 valence electrons. The summed E-state index contributed by atoms with van der Waals surface area (Å²) in [6.45, 7) is 1.52. The summed E-state index contributed by atoms with van der Waals surface area (Å²) < 4.78 is 16.2. The van der Waals surface area contributed by atoms with E-state index in [0.29, 0.717) is 11.5 Å². The number of methoxy groups -OCH3 is 2. The zero-order valence-electron chi connectivity index (χ0n) is 10.7. The Morgan fingerprint density at radius 1 is 1.17 bits per heavy atom. The Balaban J connectivity index is 2.45. The van der Waals surface area contributed by atoms with Crippen molar-refractivity contribution in [2.45, 2.75) is 18.8 Å². The predicted octanol–water partition coefficient (Wildman–Crippen LogP) is 2.47. The van der Waals surface area contributed by atoms with Crippen molar-refractivity contribution in [1.82, 2.24) is 0 Å². The minimum absolute atomic E-state index is 0.372. The molecular formula is C14H17NO3. The second kappa shape index (κ2) is 5.74. The van der Waals surface area contributed by atoms with Gasteiger partial charge in [0, 0.05) is 18.8 Å². The summed E-state index contributed by atoms with van der Waals surface area (Å²) in [4.78, 5) is 0. The first-order valence-corrected chi connectivity index (χ1v) is 6.04. The van der Waals surface area contributed by atoms with Gasteiger partial charge in [-0.3, -0.25) is 0 Å². The van der Waals surface area contributed by atoms with E-state index >= 15 is 0 Å². The van der Waals surface area contributed by atoms with Crippen LogP contribution in [-0.2, 0) is 4.74 Å². The van der Waals surface area contributed by atoms with Crippen molar-refractivity contribution >= 4 is 0 Å². The molecule has 1 aromatic rings. The lowest BCUT2D eigenvalue weighted by atomic mass is 9.89. The Kier molecular flexibility index (Phi) is 4.06. The topological polar surface area (TPSA) is 51.5 Å². The van der Waals surface area contributed by atoms with Crippen molar-refractivity contribution in [2.75, 3.05) is 27.4 Å². The molecule has 0 unspecified atom stereocenters. The smallest absolute Gasteiger partial charge is 0.127 e. The predicted molar refractivity (Wildman–Crippen MR) is 67.1 cm³/mol. The van der Waals surface area contributed by atoms with Crippen molar-refractivity contribution in [3.63, 3.8) is 0 Å². The molecule has 1 heterocycles. The van der Waals surface area contributed by atoms with Crippen LogP contribution in [0.3, 0.4) is 0 Å². The largest absolute Gasteiger partial charge is 0.496 e. The van der Waals surface area contributed by atoms with Gasteiger partial charge in [-0.05, 0) is 30.9 Å². The van der Waals surface area contributed by atoms with Crippen LogP contribution >= 0.6 is 0 Å². The Labute approximate surface area is 107 Å². The number of ether oxygens (including phenoxy) is 3. The minimum atomic E-state index is 0.372. The van der Waals surface area contributed by atoms with Gasteiger partial charge in [-0.2, -0.15) is 5.26 Å². The Morgan fingerprint density at radius 2 is 1.72 bits per heavy atom. The van der Waals surface area contributed by atoms with E-state index < -0.39 is 0 Å². The van der Waals surface area contributed by atoms with Crippen LogP contribution in [-0.4, -0.2) is 27.4 Å². The van der Waals surface area contributed by atoms with Crippen molar-refractivity contribution < 1.29 is 14.2 Å². The summed E-state index contributed by atoms with van der Waals surface area (Å²) >= 11 is 0. The fourth-order valence-corrected chi connectivity index (χ4v) is 2.39. The lowest BCUT2D eigenvalue weighted by Crippen LogP contribution is -2.15. The van der Waals surface area contributed by atoms with Gasteiger partial charge in [0.05, 0.1) is 25.9 Å². The lowest BCUT2D eigenvalue weighted by Gasteiger charge is -2.25. The standard InChI is InChI=1S/C14H17NO3/c1-16-12-7-10(9-15)8-13(17-2)14(12)11-3-5-18-6-4-11/h7-8,11H,3-6H2,1-2H3. The maximum Gasteiger partial charge on any atom is 0.127 e. The van der Waals surface area contributed by atoms with E-state index in [2.05, 4.69) is 6.07 Å². The molecule has 0 bridgehead atoms. The van der Waals surface area contributed by atoms with Gasteiger partial charge in [0.2, 0.25) is 0 Å². The van der Waals surface area contributed by atoms with Gasteiger partial charge in [-0.15, -0.1) is 0 Å². The number of rotatable bonds is 3. The SMILES string of the molecule is COc1cc(C#N)cc(OC)c1C1CCOCC1. The number of hydrogen-bond donors (Lipinski definition) is 0. The molecule has 1 aromatic carbocycles. The number of nitriles is 1. The molecule has 1 saturated heterocycles. The van der Waals surface area contributed by atoms with Crippen LogP contribution in [0.15, 0.2) is 12.1 Å². The molecule has 1 fully saturated rings. The van der Waals surface area contributed by atoms with E-state index in [1.807, 2.05) is 0 Å². The van der Waals surface area contributed by atoms with Gasteiger partial charge in [0.15, 0.2) is 0 Å². The molecule has 0 saturated carbocycles. The van der Waals surface area contributed by atoms with Gasteiger partial charge in [0.25, 0.3) is 0 Å². The van der Waals surface area contributed by atoms with Gasteiger partial charge in [-0.1, -0.05) is 0 Å². The van der Waals surface area contributed by atoms with Gasteiger partial charge < -0.3 is 14.2 Å². The van der Waals surface area contributed by atoms with Crippen LogP contribution in [0.2, 0.25) is 0 Å². The zero-order valence-corrected chi connectivity index (χ0v) is 10.7. The number of hydrogen-bond acceptors (Lipinski definition) is 4. The maximum absolute atomic E-state index is 9.00. The first-order valence-electron chi connectivity index (χ1n) is 6.04. The van der Waals surface area contributed by atoms with Crippen LogP contribution < -0.4 is 9.47 Å². The summed E-state index contributed by atoms with van der Waals surface area (Å²) in [6, 6.07) is 5.66. The third kappa shape index (κ3) is 2.41. The van der Waals surface area contributed by atoms with E-state index in [9.17, 15) is 0 Å². The van der Waals surface area contributed by atoms with Crippen molar-refractivity contribution in [3.05, 3.63) is 23.3 Å². The Hall–Kier alpha value is -1.73. The number of benzene rings is 1. The summed E-state index contributed by atoms with van der Waals surface area (Å²) in [5, 5.41) is 9.00. The highest BCUT2D eigenvalue weighted by molar-refractivity contribution is 5.53. The molecule has 1 aliphatic rings. The molecule has 1 aliphatic heterocycles. The van der Waals surface area contributed by atoms with Crippen LogP contribution in [0.4, 0.5) is 0 Å². The molecule has 0 radical (unpaired) electrons. The Bertz CT molecular complexity index is 434. The molecule has 2 rings (SSSR count). The zero-order chi connectivity index (χ0) is 13.0. The van der Waals surface area contributed by atoms with Crippen LogP contribution in [0.25, 0.3) is 0 Å². The fraction of sp³-hybridized carbons (Fsp3) is 0.500. The third-order valence-corrected chi connectivity index (χ3v) is 3.30. The van der Waals surface area contributed by atoms with E-state index in [0.717, 1.165) is 43.1 Å². The van der Waals surface area contributed by atoms with Crippen molar-refractivity contribution in [1.29, 1.82) is 5.26 Å². The average Bonchev–Trinajstić information content (AvgIpc) is 2.46. The van der Waals surface area contributed by atoms with E-state index in [-0.39, 0.29) is 0 Å². The highest BCUT2D eigenvalue weighted by Crippen LogP contribution is 2.40. The summed E-state index contributed by atoms with van der Waals surface area (Å²) in [7, 11) is 3.25. The molecule has 0 spiro atoms. The van der Waals surface area contributed by atoms with E-state index in [1.165, 1.54) is 0 Å². The number of nitrogens with zero attached hydrogens (tertiary/aromatic N) is 1. The molecule has 0 aliphatic carbocycles. The first kappa shape index (κ1) is 12.7. The van der Waals surface area contributed by atoms with Gasteiger partial charge in [-0.25, -0.2) is 0 Å². The normalized spacial score (nSPS) is 16.1. The molecule has 0 atom stereocenters. The third-order valence-electron chi connectivity index (χ3n) is 3.30. The van der Waals surface area contributed by atoms with Gasteiger partial charge >= 0.3 is 0 Å². The quantitative estimate of drug-likeness (QED) is 0.823. The van der Waals surface area contributed by atoms with E-state index in [4.69, 9.17) is 19.5 Å². The van der Waals surface area contributed by atoms with Crippen LogP contribution in [0.5, 0.6) is 11.5 Å². The van der Waals surface area contributed by atoms with Crippen molar-refractivity contribution in [3.8, 4) is 17.6 Å². The van der Waals surface area contributed by atoms with Gasteiger partial charge in [0.1, 0.15) is 11.5 Å². The monoisotopic (exact) mass is 247 g/mol. The lowest BCUT2D eigenvalue weighted by molar-refractivity contribution is 0.0842. The highest BCUT2D eigenvalue weighted by Gasteiger charge is 2.24. The molecule has 18 heavy (non-hydrogen) atoms. The highest BCUT2D eigenvalue weighted by atomic mass is 16.5. The molecule has 0 aromatic heterocycles. The Morgan fingerprint density at radius 3 is 2.17 bits per heavy atom.